The fourth-order valence-electron chi connectivity index (χ4n) is 2.36. The molecular weight excluding hydrogens is 476 g/mol. The van der Waals surface area contributed by atoms with Gasteiger partial charge in [0.15, 0.2) is 5.11 Å². The van der Waals surface area contributed by atoms with Crippen LogP contribution in [0.25, 0.3) is 10.1 Å². The minimum absolute atomic E-state index is 0.0800. The summed E-state index contributed by atoms with van der Waals surface area (Å²) in [6.07, 6.45) is -4.65. The fourth-order valence-corrected chi connectivity index (χ4v) is 4.42. The molecule has 11 heteroatoms. The SMILES string of the molecule is O=C(NC(=S)Nc1ccc(Cl)cc1C(F)(F)F)c1sc2cc(Cl)ccc2c1Cl. The summed E-state index contributed by atoms with van der Waals surface area (Å²) in [7, 11) is 0. The third-order valence-electron chi connectivity index (χ3n) is 3.56. The minimum Gasteiger partial charge on any atom is -0.332 e. The van der Waals surface area contributed by atoms with Gasteiger partial charge >= 0.3 is 6.18 Å². The maximum Gasteiger partial charge on any atom is 0.418 e. The van der Waals surface area contributed by atoms with E-state index in [2.05, 4.69) is 10.6 Å². The highest BCUT2D eigenvalue weighted by atomic mass is 35.5. The topological polar surface area (TPSA) is 41.1 Å². The van der Waals surface area contributed by atoms with Crippen molar-refractivity contribution < 1.29 is 18.0 Å². The van der Waals surface area contributed by atoms with Gasteiger partial charge in [-0.15, -0.1) is 11.3 Å². The second-order valence-corrected chi connectivity index (χ2v) is 8.19. The van der Waals surface area contributed by atoms with Crippen molar-refractivity contribution in [3.63, 3.8) is 0 Å². The summed E-state index contributed by atoms with van der Waals surface area (Å²) in [5, 5.41) is 5.63. The predicted molar refractivity (Wildman–Crippen MR) is 112 cm³/mol. The Morgan fingerprint density at radius 3 is 2.36 bits per heavy atom. The molecule has 1 aromatic heterocycles. The van der Waals surface area contributed by atoms with Gasteiger partial charge in [-0.1, -0.05) is 40.9 Å². The number of thiocarbonyl (C=S) groups is 1. The van der Waals surface area contributed by atoms with E-state index in [-0.39, 0.29) is 25.7 Å². The van der Waals surface area contributed by atoms with Crippen molar-refractivity contribution in [2.45, 2.75) is 6.18 Å². The van der Waals surface area contributed by atoms with Crippen molar-refractivity contribution in [1.29, 1.82) is 0 Å². The lowest BCUT2D eigenvalue weighted by atomic mass is 10.1. The van der Waals surface area contributed by atoms with Crippen LogP contribution in [0.5, 0.6) is 0 Å². The number of fused-ring (bicyclic) bond motifs is 1. The summed E-state index contributed by atoms with van der Waals surface area (Å²) >= 11 is 23.9. The standard InChI is InChI=1S/C17H8Cl3F3N2OS2/c18-7-2-4-11(10(5-7)17(21,22)23)24-16(27)25-15(26)14-13(20)9-3-1-8(19)6-12(9)28-14/h1-6H,(H2,24,25,26,27). The lowest BCUT2D eigenvalue weighted by Crippen LogP contribution is -2.34. The molecule has 3 nitrogen and oxygen atoms in total. The Kier molecular flexibility index (Phi) is 6.07. The smallest absolute Gasteiger partial charge is 0.332 e. The molecule has 2 aromatic carbocycles. The molecule has 1 heterocycles. The van der Waals surface area contributed by atoms with Crippen LogP contribution in [0.3, 0.4) is 0 Å². The molecule has 0 unspecified atom stereocenters. The van der Waals surface area contributed by atoms with Gasteiger partial charge in [0.2, 0.25) is 0 Å². The summed E-state index contributed by atoms with van der Waals surface area (Å²) < 4.78 is 40.2. The van der Waals surface area contributed by atoms with Gasteiger partial charge in [0, 0.05) is 20.1 Å². The van der Waals surface area contributed by atoms with Crippen LogP contribution in [0.1, 0.15) is 15.2 Å². The number of alkyl halides is 3. The molecule has 0 aliphatic rings. The van der Waals surface area contributed by atoms with E-state index in [0.717, 1.165) is 23.5 Å². The number of amides is 1. The quantitative estimate of drug-likeness (QED) is 0.385. The lowest BCUT2D eigenvalue weighted by molar-refractivity contribution is -0.136. The Morgan fingerprint density at radius 1 is 1.04 bits per heavy atom. The third-order valence-corrected chi connectivity index (χ3v) is 5.89. The zero-order valence-corrected chi connectivity index (χ0v) is 17.4. The monoisotopic (exact) mass is 482 g/mol. The van der Waals surface area contributed by atoms with Gasteiger partial charge in [-0.3, -0.25) is 10.1 Å². The van der Waals surface area contributed by atoms with Crippen LogP contribution in [-0.2, 0) is 6.18 Å². The summed E-state index contributed by atoms with van der Waals surface area (Å²) in [6.45, 7) is 0. The van der Waals surface area contributed by atoms with E-state index in [4.69, 9.17) is 47.0 Å². The molecule has 3 aromatic rings. The molecule has 0 spiro atoms. The number of benzene rings is 2. The van der Waals surface area contributed by atoms with E-state index in [1.165, 1.54) is 6.07 Å². The Balaban J connectivity index is 1.81. The molecule has 2 N–H and O–H groups in total. The van der Waals surface area contributed by atoms with Crippen molar-refractivity contribution in [2.75, 3.05) is 5.32 Å². The number of carbonyl (C=O) groups excluding carboxylic acids is 1. The van der Waals surface area contributed by atoms with Gasteiger partial charge in [-0.25, -0.2) is 0 Å². The van der Waals surface area contributed by atoms with Crippen molar-refractivity contribution in [3.8, 4) is 0 Å². The molecule has 0 saturated carbocycles. The number of thiophene rings is 1. The Morgan fingerprint density at radius 2 is 1.68 bits per heavy atom. The molecule has 0 bridgehead atoms. The number of anilines is 1. The average Bonchev–Trinajstić information content (AvgIpc) is 2.91. The van der Waals surface area contributed by atoms with Gasteiger partial charge in [0.1, 0.15) is 4.88 Å². The van der Waals surface area contributed by atoms with Crippen molar-refractivity contribution in [1.82, 2.24) is 5.32 Å². The number of nitrogens with one attached hydrogen (secondary N) is 2. The lowest BCUT2D eigenvalue weighted by Gasteiger charge is -2.15. The van der Waals surface area contributed by atoms with E-state index in [1.807, 2.05) is 0 Å². The molecule has 3 rings (SSSR count). The second kappa shape index (κ2) is 8.04. The Hall–Kier alpha value is -1.58. The number of hydrogen-bond donors (Lipinski definition) is 2. The molecule has 28 heavy (non-hydrogen) atoms. The molecule has 1 amide bonds. The molecule has 0 fully saturated rings. The number of rotatable bonds is 2. The third kappa shape index (κ3) is 4.52. The van der Waals surface area contributed by atoms with E-state index in [0.29, 0.717) is 15.1 Å². The van der Waals surface area contributed by atoms with Crippen molar-refractivity contribution >= 4 is 85.2 Å². The van der Waals surface area contributed by atoms with Crippen LogP contribution < -0.4 is 10.6 Å². The maximum atomic E-state index is 13.2. The first-order valence-corrected chi connectivity index (χ1v) is 9.79. The molecule has 146 valence electrons. The van der Waals surface area contributed by atoms with Crippen LogP contribution in [0.15, 0.2) is 36.4 Å². The van der Waals surface area contributed by atoms with Crippen LogP contribution in [0.2, 0.25) is 15.1 Å². The molecule has 0 aliphatic heterocycles. The highest BCUT2D eigenvalue weighted by Gasteiger charge is 2.34. The van der Waals surface area contributed by atoms with Gasteiger partial charge in [-0.2, -0.15) is 13.2 Å². The Labute approximate surface area is 181 Å². The van der Waals surface area contributed by atoms with E-state index < -0.39 is 17.6 Å². The van der Waals surface area contributed by atoms with Gasteiger partial charge in [0.05, 0.1) is 16.3 Å². The summed E-state index contributed by atoms with van der Waals surface area (Å²) in [5.41, 5.74) is -1.34. The number of hydrogen-bond acceptors (Lipinski definition) is 3. The van der Waals surface area contributed by atoms with Crippen LogP contribution in [-0.4, -0.2) is 11.0 Å². The molecule has 0 radical (unpaired) electrons. The summed E-state index contributed by atoms with van der Waals surface area (Å²) in [5.74, 6) is -0.651. The van der Waals surface area contributed by atoms with Gasteiger partial charge < -0.3 is 5.32 Å². The molecular formula is C17H8Cl3F3N2OS2. The van der Waals surface area contributed by atoms with Crippen LogP contribution >= 0.6 is 58.4 Å². The zero-order valence-electron chi connectivity index (χ0n) is 13.5. The minimum atomic E-state index is -4.65. The van der Waals surface area contributed by atoms with Crippen LogP contribution in [0, 0.1) is 0 Å². The largest absolute Gasteiger partial charge is 0.418 e. The highest BCUT2D eigenvalue weighted by molar-refractivity contribution is 7.80. The molecule has 0 saturated heterocycles. The first-order valence-electron chi connectivity index (χ1n) is 7.43. The fraction of sp³-hybridized carbons (Fsp3) is 0.0588. The van der Waals surface area contributed by atoms with E-state index >= 15 is 0 Å². The van der Waals surface area contributed by atoms with Crippen LogP contribution in [0.4, 0.5) is 18.9 Å². The second-order valence-electron chi connectivity index (χ2n) is 5.48. The van der Waals surface area contributed by atoms with Crippen molar-refractivity contribution in [2.24, 2.45) is 0 Å². The number of carbonyl (C=O) groups is 1. The highest BCUT2D eigenvalue weighted by Crippen LogP contribution is 2.38. The number of halogens is 6. The first kappa shape index (κ1) is 21.1. The summed E-state index contributed by atoms with van der Waals surface area (Å²) in [4.78, 5) is 12.6. The van der Waals surface area contributed by atoms with E-state index in [1.54, 1.807) is 18.2 Å². The molecule has 0 atom stereocenters. The molecule has 0 aliphatic carbocycles. The normalized spacial score (nSPS) is 11.5. The first-order chi connectivity index (χ1) is 13.1. The summed E-state index contributed by atoms with van der Waals surface area (Å²) in [6, 6.07) is 8.13. The Bertz CT molecular complexity index is 1100. The average molecular weight is 484 g/mol. The van der Waals surface area contributed by atoms with Gasteiger partial charge in [0.25, 0.3) is 5.91 Å². The van der Waals surface area contributed by atoms with Crippen molar-refractivity contribution in [3.05, 3.63) is 61.9 Å². The van der Waals surface area contributed by atoms with E-state index in [9.17, 15) is 18.0 Å². The zero-order chi connectivity index (χ0) is 20.6. The van der Waals surface area contributed by atoms with Gasteiger partial charge in [-0.05, 0) is 42.5 Å². The maximum absolute atomic E-state index is 13.2. The predicted octanol–water partition coefficient (Wildman–Crippen LogP) is 7.01.